The molecule has 0 spiro atoms. The Morgan fingerprint density at radius 1 is 1.26 bits per heavy atom. The first-order chi connectivity index (χ1) is 13.0. The van der Waals surface area contributed by atoms with Gasteiger partial charge in [0.05, 0.1) is 17.2 Å². The van der Waals surface area contributed by atoms with Crippen LogP contribution in [0.2, 0.25) is 0 Å². The molecule has 1 saturated heterocycles. The molecule has 0 bridgehead atoms. The summed E-state index contributed by atoms with van der Waals surface area (Å²) in [7, 11) is 1.59. The molecule has 0 aliphatic carbocycles. The van der Waals surface area contributed by atoms with Crippen LogP contribution < -0.4 is 16.4 Å². The average Bonchev–Trinajstić information content (AvgIpc) is 2.90. The third-order valence-corrected chi connectivity index (χ3v) is 4.80. The van der Waals surface area contributed by atoms with Crippen LogP contribution in [-0.4, -0.2) is 60.9 Å². The maximum atomic E-state index is 12.7. The molecule has 27 heavy (non-hydrogen) atoms. The predicted molar refractivity (Wildman–Crippen MR) is 94.7 cm³/mol. The van der Waals surface area contributed by atoms with E-state index in [4.69, 9.17) is 10.5 Å². The fourth-order valence-corrected chi connectivity index (χ4v) is 3.27. The molecule has 2 aliphatic rings. The van der Waals surface area contributed by atoms with Crippen molar-refractivity contribution < 1.29 is 23.9 Å². The van der Waals surface area contributed by atoms with Gasteiger partial charge in [-0.05, 0) is 24.1 Å². The molecule has 2 heterocycles. The van der Waals surface area contributed by atoms with Crippen molar-refractivity contribution in [3.63, 3.8) is 0 Å². The number of nitrogens with two attached hydrogens (primary N) is 1. The Morgan fingerprint density at radius 2 is 2.00 bits per heavy atom. The summed E-state index contributed by atoms with van der Waals surface area (Å²) < 4.78 is 5.19. The van der Waals surface area contributed by atoms with Crippen LogP contribution >= 0.6 is 0 Å². The maximum Gasteiger partial charge on any atom is 0.262 e. The molecule has 3 rings (SSSR count). The zero-order chi connectivity index (χ0) is 19.6. The molecular formula is C18H22N4O5. The van der Waals surface area contributed by atoms with E-state index >= 15 is 0 Å². The standard InChI is InChI=1S/C18H22N4O5/c1-27-11(7-19)9-20-8-10-2-3-12-13(6-10)18(26)22(17(12)25)14-4-5-15(23)21-16(14)24/h2-3,6,11,14,20H,4-5,7-9,19H2,1H3,(H,21,23,24). The van der Waals surface area contributed by atoms with Crippen LogP contribution in [0.3, 0.4) is 0 Å². The lowest BCUT2D eigenvalue weighted by Gasteiger charge is -2.27. The largest absolute Gasteiger partial charge is 0.379 e. The fraction of sp³-hybridized carbons (Fsp3) is 0.444. The molecule has 1 fully saturated rings. The SMILES string of the molecule is COC(CN)CNCc1ccc2c(c1)C(=O)N(C1CCC(=O)NC1=O)C2=O. The Hall–Kier alpha value is -2.62. The van der Waals surface area contributed by atoms with Crippen molar-refractivity contribution in [2.24, 2.45) is 5.73 Å². The van der Waals surface area contributed by atoms with E-state index < -0.39 is 29.7 Å². The van der Waals surface area contributed by atoms with Crippen molar-refractivity contribution in [3.05, 3.63) is 34.9 Å². The summed E-state index contributed by atoms with van der Waals surface area (Å²) in [6.45, 7) is 1.42. The number of nitrogens with one attached hydrogen (secondary N) is 2. The molecule has 9 heteroatoms. The van der Waals surface area contributed by atoms with E-state index in [0.29, 0.717) is 19.6 Å². The van der Waals surface area contributed by atoms with Crippen molar-refractivity contribution in [2.75, 3.05) is 20.2 Å². The molecule has 0 radical (unpaired) electrons. The molecule has 0 saturated carbocycles. The second kappa shape index (κ2) is 7.95. The summed E-state index contributed by atoms with van der Waals surface area (Å²) in [5.74, 6) is -2.03. The maximum absolute atomic E-state index is 12.7. The number of carbonyl (C=O) groups is 4. The highest BCUT2D eigenvalue weighted by molar-refractivity contribution is 6.23. The Balaban J connectivity index is 1.73. The molecule has 9 nitrogen and oxygen atoms in total. The van der Waals surface area contributed by atoms with Crippen LogP contribution in [0, 0.1) is 0 Å². The molecule has 144 valence electrons. The number of ether oxygens (including phenoxy) is 1. The average molecular weight is 374 g/mol. The Kier molecular flexibility index (Phi) is 5.64. The summed E-state index contributed by atoms with van der Waals surface area (Å²) in [6, 6.07) is 4.05. The highest BCUT2D eigenvalue weighted by Crippen LogP contribution is 2.28. The minimum absolute atomic E-state index is 0.0980. The van der Waals surface area contributed by atoms with Gasteiger partial charge in [-0.1, -0.05) is 6.07 Å². The Bertz CT molecular complexity index is 790. The van der Waals surface area contributed by atoms with Gasteiger partial charge in [0.2, 0.25) is 11.8 Å². The first-order valence-electron chi connectivity index (χ1n) is 8.74. The summed E-state index contributed by atoms with van der Waals surface area (Å²) in [6.07, 6.45) is 0.133. The summed E-state index contributed by atoms with van der Waals surface area (Å²) in [5.41, 5.74) is 6.93. The quantitative estimate of drug-likeness (QED) is 0.530. The normalized spacial score (nSPS) is 20.7. The van der Waals surface area contributed by atoms with Gasteiger partial charge >= 0.3 is 0 Å². The lowest BCUT2D eigenvalue weighted by atomic mass is 10.0. The number of benzene rings is 1. The third-order valence-electron chi connectivity index (χ3n) is 4.80. The van der Waals surface area contributed by atoms with Gasteiger partial charge in [0, 0.05) is 33.2 Å². The van der Waals surface area contributed by atoms with E-state index in [9.17, 15) is 19.2 Å². The van der Waals surface area contributed by atoms with Crippen LogP contribution in [0.25, 0.3) is 0 Å². The molecule has 1 aromatic carbocycles. The van der Waals surface area contributed by atoms with Crippen molar-refractivity contribution in [3.8, 4) is 0 Å². The van der Waals surface area contributed by atoms with Gasteiger partial charge in [-0.3, -0.25) is 29.4 Å². The second-order valence-electron chi connectivity index (χ2n) is 6.55. The van der Waals surface area contributed by atoms with E-state index in [1.165, 1.54) is 0 Å². The molecule has 2 atom stereocenters. The highest BCUT2D eigenvalue weighted by Gasteiger charge is 2.44. The number of fused-ring (bicyclic) bond motifs is 1. The predicted octanol–water partition coefficient (Wildman–Crippen LogP) is -0.849. The van der Waals surface area contributed by atoms with Crippen LogP contribution in [0.15, 0.2) is 18.2 Å². The first kappa shape index (κ1) is 19.2. The van der Waals surface area contributed by atoms with Gasteiger partial charge in [-0.15, -0.1) is 0 Å². The first-order valence-corrected chi connectivity index (χ1v) is 8.74. The van der Waals surface area contributed by atoms with E-state index in [0.717, 1.165) is 10.5 Å². The van der Waals surface area contributed by atoms with Crippen LogP contribution in [0.4, 0.5) is 0 Å². The van der Waals surface area contributed by atoms with Gasteiger partial charge in [0.1, 0.15) is 6.04 Å². The minimum atomic E-state index is -0.955. The third kappa shape index (κ3) is 3.75. The summed E-state index contributed by atoms with van der Waals surface area (Å²) in [5, 5.41) is 5.37. The number of amides is 4. The molecule has 1 aromatic rings. The van der Waals surface area contributed by atoms with Crippen LogP contribution in [-0.2, 0) is 20.9 Å². The summed E-state index contributed by atoms with van der Waals surface area (Å²) >= 11 is 0. The Morgan fingerprint density at radius 3 is 2.67 bits per heavy atom. The van der Waals surface area contributed by atoms with E-state index in [2.05, 4.69) is 10.6 Å². The lowest BCUT2D eigenvalue weighted by Crippen LogP contribution is -2.54. The van der Waals surface area contributed by atoms with Gasteiger partial charge in [-0.25, -0.2) is 0 Å². The van der Waals surface area contributed by atoms with Gasteiger partial charge in [-0.2, -0.15) is 0 Å². The zero-order valence-corrected chi connectivity index (χ0v) is 15.0. The van der Waals surface area contributed by atoms with E-state index in [1.54, 1.807) is 25.3 Å². The van der Waals surface area contributed by atoms with Crippen molar-refractivity contribution in [1.29, 1.82) is 0 Å². The number of hydrogen-bond acceptors (Lipinski definition) is 7. The minimum Gasteiger partial charge on any atom is -0.379 e. The molecule has 2 aliphatic heterocycles. The number of hydrogen-bond donors (Lipinski definition) is 3. The Labute approximate surface area is 156 Å². The summed E-state index contributed by atoms with van der Waals surface area (Å²) in [4.78, 5) is 49.7. The van der Waals surface area contributed by atoms with E-state index in [-0.39, 0.29) is 30.1 Å². The monoisotopic (exact) mass is 374 g/mol. The molecule has 2 unspecified atom stereocenters. The number of methoxy groups -OCH3 is 1. The van der Waals surface area contributed by atoms with Gasteiger partial charge in [0.25, 0.3) is 11.8 Å². The number of rotatable bonds is 7. The number of imide groups is 2. The number of carbonyl (C=O) groups excluding carboxylic acids is 4. The number of nitrogens with zero attached hydrogens (tertiary/aromatic N) is 1. The van der Waals surface area contributed by atoms with Gasteiger partial charge in [0.15, 0.2) is 0 Å². The fourth-order valence-electron chi connectivity index (χ4n) is 3.27. The molecule has 0 aromatic heterocycles. The zero-order valence-electron chi connectivity index (χ0n) is 15.0. The number of piperidine rings is 1. The van der Waals surface area contributed by atoms with Crippen molar-refractivity contribution in [2.45, 2.75) is 31.5 Å². The molecule has 4 amide bonds. The molecular weight excluding hydrogens is 352 g/mol. The smallest absolute Gasteiger partial charge is 0.262 e. The topological polar surface area (TPSA) is 131 Å². The van der Waals surface area contributed by atoms with Crippen LogP contribution in [0.5, 0.6) is 0 Å². The van der Waals surface area contributed by atoms with Crippen LogP contribution in [0.1, 0.15) is 39.1 Å². The van der Waals surface area contributed by atoms with Crippen molar-refractivity contribution >= 4 is 23.6 Å². The molecule has 4 N–H and O–H groups in total. The van der Waals surface area contributed by atoms with Gasteiger partial charge < -0.3 is 15.8 Å². The highest BCUT2D eigenvalue weighted by atomic mass is 16.5. The lowest BCUT2D eigenvalue weighted by molar-refractivity contribution is -0.136. The van der Waals surface area contributed by atoms with E-state index in [1.807, 2.05) is 0 Å². The van der Waals surface area contributed by atoms with Crippen molar-refractivity contribution in [1.82, 2.24) is 15.5 Å². The second-order valence-corrected chi connectivity index (χ2v) is 6.55.